The molecule has 0 saturated heterocycles. The molecule has 206 valence electrons. The highest BCUT2D eigenvalue weighted by atomic mass is 32.2. The van der Waals surface area contributed by atoms with E-state index in [0.717, 1.165) is 12.8 Å². The number of carboxylic acid groups (broad SMARTS) is 1. The average molecular weight is 528 g/mol. The smallest absolute Gasteiger partial charge is 0.326 e. The van der Waals surface area contributed by atoms with Crippen molar-refractivity contribution in [1.82, 2.24) is 5.32 Å². The number of ether oxygens (including phenoxy) is 2. The number of aliphatic hydroxyl groups is 2. The predicted octanol–water partition coefficient (Wildman–Crippen LogP) is 3.60. The number of hydrogen-bond acceptors (Lipinski definition) is 7. The summed E-state index contributed by atoms with van der Waals surface area (Å²) in [4.78, 5) is 23.7. The molecule has 0 spiro atoms. The van der Waals surface area contributed by atoms with Crippen LogP contribution < -0.4 is 5.32 Å². The Hall–Kier alpha value is -1.65. The van der Waals surface area contributed by atoms with E-state index in [1.165, 1.54) is 11.8 Å². The molecule has 8 nitrogen and oxygen atoms in total. The van der Waals surface area contributed by atoms with Crippen LogP contribution in [0, 0.1) is 11.8 Å². The number of nitrogens with one attached hydrogen (secondary N) is 1. The molecule has 9 heteroatoms. The lowest BCUT2D eigenvalue weighted by atomic mass is 9.77. The van der Waals surface area contributed by atoms with Gasteiger partial charge in [0, 0.05) is 11.3 Å². The van der Waals surface area contributed by atoms with Crippen LogP contribution in [0.25, 0.3) is 0 Å². The standard InChI is InChI=1S/C27H45NO7S/c1-6-19(3)27(5,20(4)7-2)35-17-22(29)15-34-16-23(30)18-36-14-13-24(26(32)33)28-25(31)21-11-9-8-10-12-21/h8-12,19-20,22-24,29-30H,6-7,13-18H2,1-5H3,(H,28,31)(H,32,33). The minimum atomic E-state index is -1.10. The molecule has 1 aromatic rings. The van der Waals surface area contributed by atoms with Crippen LogP contribution in [0.1, 0.15) is 64.2 Å². The Labute approximate surface area is 220 Å². The molecule has 0 aromatic heterocycles. The van der Waals surface area contributed by atoms with Gasteiger partial charge in [-0.2, -0.15) is 11.8 Å². The maximum Gasteiger partial charge on any atom is 0.326 e. The van der Waals surface area contributed by atoms with Crippen molar-refractivity contribution in [3.63, 3.8) is 0 Å². The van der Waals surface area contributed by atoms with Gasteiger partial charge in [-0.3, -0.25) is 4.79 Å². The van der Waals surface area contributed by atoms with E-state index in [0.29, 0.717) is 28.9 Å². The number of rotatable bonds is 19. The molecule has 0 aliphatic carbocycles. The summed E-state index contributed by atoms with van der Waals surface area (Å²) in [6.07, 6.45) is 0.666. The van der Waals surface area contributed by atoms with Crippen LogP contribution in [0.4, 0.5) is 0 Å². The number of carbonyl (C=O) groups excluding carboxylic acids is 1. The SMILES string of the molecule is CCC(C)C(C)(OCC(O)COCC(O)CSCCC(NC(=O)c1ccccc1)C(=O)O)C(C)CC. The van der Waals surface area contributed by atoms with E-state index >= 15 is 0 Å². The first-order valence-electron chi connectivity index (χ1n) is 12.8. The van der Waals surface area contributed by atoms with Crippen molar-refractivity contribution in [2.75, 3.05) is 31.3 Å². The highest BCUT2D eigenvalue weighted by molar-refractivity contribution is 7.99. The number of benzene rings is 1. The number of aliphatic hydroxyl groups excluding tert-OH is 2. The summed E-state index contributed by atoms with van der Waals surface area (Å²) >= 11 is 1.38. The quantitative estimate of drug-likeness (QED) is 0.201. The summed E-state index contributed by atoms with van der Waals surface area (Å²) in [7, 11) is 0. The van der Waals surface area contributed by atoms with Crippen LogP contribution in [0.3, 0.4) is 0 Å². The third-order valence-corrected chi connectivity index (χ3v) is 8.03. The Bertz CT molecular complexity index is 754. The molecule has 1 rings (SSSR count). The predicted molar refractivity (Wildman–Crippen MR) is 143 cm³/mol. The Balaban J connectivity index is 2.30. The van der Waals surface area contributed by atoms with E-state index in [1.807, 2.05) is 0 Å². The van der Waals surface area contributed by atoms with E-state index in [9.17, 15) is 24.9 Å². The fourth-order valence-corrected chi connectivity index (χ4v) is 4.74. The molecule has 0 heterocycles. The fraction of sp³-hybridized carbons (Fsp3) is 0.704. The van der Waals surface area contributed by atoms with Crippen LogP contribution in [0.2, 0.25) is 0 Å². The third-order valence-electron chi connectivity index (χ3n) is 6.89. The maximum atomic E-state index is 12.2. The monoisotopic (exact) mass is 527 g/mol. The Morgan fingerprint density at radius 3 is 2.14 bits per heavy atom. The molecule has 5 atom stereocenters. The van der Waals surface area contributed by atoms with Crippen molar-refractivity contribution in [2.45, 2.75) is 77.7 Å². The van der Waals surface area contributed by atoms with Crippen molar-refractivity contribution in [1.29, 1.82) is 0 Å². The number of carbonyl (C=O) groups is 2. The van der Waals surface area contributed by atoms with E-state index in [4.69, 9.17) is 9.47 Å². The normalized spacial score (nSPS) is 17.4. The minimum Gasteiger partial charge on any atom is -0.480 e. The first-order chi connectivity index (χ1) is 17.0. The van der Waals surface area contributed by atoms with Gasteiger partial charge in [0.2, 0.25) is 0 Å². The first kappa shape index (κ1) is 32.4. The van der Waals surface area contributed by atoms with Gasteiger partial charge in [0.15, 0.2) is 0 Å². The number of hydrogen-bond donors (Lipinski definition) is 4. The van der Waals surface area contributed by atoms with E-state index in [-0.39, 0.29) is 31.8 Å². The molecule has 36 heavy (non-hydrogen) atoms. The average Bonchev–Trinajstić information content (AvgIpc) is 2.88. The van der Waals surface area contributed by atoms with Gasteiger partial charge in [-0.25, -0.2) is 4.79 Å². The molecule has 4 N–H and O–H groups in total. The van der Waals surface area contributed by atoms with Gasteiger partial charge in [0.1, 0.15) is 12.1 Å². The fourth-order valence-electron chi connectivity index (χ4n) is 3.80. The van der Waals surface area contributed by atoms with E-state index in [1.54, 1.807) is 30.3 Å². The molecule has 0 aliphatic heterocycles. The third kappa shape index (κ3) is 11.2. The highest BCUT2D eigenvalue weighted by Crippen LogP contribution is 2.34. The molecule has 0 radical (unpaired) electrons. The number of thioether (sulfide) groups is 1. The van der Waals surface area contributed by atoms with Gasteiger partial charge in [-0.15, -0.1) is 0 Å². The summed E-state index contributed by atoms with van der Waals surface area (Å²) in [5, 5.41) is 32.4. The maximum absolute atomic E-state index is 12.2. The van der Waals surface area contributed by atoms with Crippen molar-refractivity contribution in [2.24, 2.45) is 11.8 Å². The van der Waals surface area contributed by atoms with Crippen molar-refractivity contribution in [3.8, 4) is 0 Å². The second-order valence-corrected chi connectivity index (χ2v) is 10.7. The highest BCUT2D eigenvalue weighted by Gasteiger charge is 2.36. The van der Waals surface area contributed by atoms with E-state index < -0.39 is 30.1 Å². The molecule has 1 amide bonds. The first-order valence-corrected chi connectivity index (χ1v) is 13.9. The van der Waals surface area contributed by atoms with E-state index in [2.05, 4.69) is 39.9 Å². The molecular formula is C27H45NO7S. The second kappa shape index (κ2) is 17.0. The molecular weight excluding hydrogens is 482 g/mol. The zero-order valence-corrected chi connectivity index (χ0v) is 23.1. The lowest BCUT2D eigenvalue weighted by Crippen LogP contribution is -2.44. The summed E-state index contributed by atoms with van der Waals surface area (Å²) in [5.41, 5.74) is 0.0793. The summed E-state index contributed by atoms with van der Waals surface area (Å²) in [5.74, 6) is -0.0244. The Morgan fingerprint density at radius 1 is 1.00 bits per heavy atom. The zero-order valence-electron chi connectivity index (χ0n) is 22.3. The molecule has 0 saturated carbocycles. The molecule has 5 unspecified atom stereocenters. The van der Waals surface area contributed by atoms with Crippen LogP contribution >= 0.6 is 11.8 Å². The summed E-state index contributed by atoms with van der Waals surface area (Å²) < 4.78 is 11.6. The van der Waals surface area contributed by atoms with Gasteiger partial charge < -0.3 is 30.1 Å². The zero-order chi connectivity index (χ0) is 27.1. The van der Waals surface area contributed by atoms with Crippen molar-refractivity contribution >= 4 is 23.6 Å². The Morgan fingerprint density at radius 2 is 1.58 bits per heavy atom. The van der Waals surface area contributed by atoms with Gasteiger partial charge in [0.25, 0.3) is 5.91 Å². The molecule has 0 fully saturated rings. The van der Waals surface area contributed by atoms with Gasteiger partial charge in [0.05, 0.1) is 31.5 Å². The summed E-state index contributed by atoms with van der Waals surface area (Å²) in [6, 6.07) is 7.45. The van der Waals surface area contributed by atoms with Crippen molar-refractivity contribution in [3.05, 3.63) is 35.9 Å². The number of aliphatic carboxylic acids is 1. The number of carboxylic acids is 1. The van der Waals surface area contributed by atoms with Gasteiger partial charge >= 0.3 is 5.97 Å². The van der Waals surface area contributed by atoms with Crippen LogP contribution in [-0.2, 0) is 14.3 Å². The van der Waals surface area contributed by atoms with Crippen LogP contribution in [0.15, 0.2) is 30.3 Å². The minimum absolute atomic E-state index is 0.0607. The Kier molecular flexibility index (Phi) is 15.3. The molecule has 0 aliphatic rings. The molecule has 1 aromatic carbocycles. The lowest BCUT2D eigenvalue weighted by molar-refractivity contribution is -0.139. The van der Waals surface area contributed by atoms with Crippen molar-refractivity contribution < 1.29 is 34.4 Å². The lowest BCUT2D eigenvalue weighted by Gasteiger charge is -2.41. The van der Waals surface area contributed by atoms with Crippen LogP contribution in [0.5, 0.6) is 0 Å². The number of amides is 1. The van der Waals surface area contributed by atoms with Gasteiger partial charge in [-0.05, 0) is 43.1 Å². The largest absolute Gasteiger partial charge is 0.480 e. The van der Waals surface area contributed by atoms with Crippen LogP contribution in [-0.4, -0.2) is 82.4 Å². The topological polar surface area (TPSA) is 125 Å². The second-order valence-electron chi connectivity index (χ2n) is 9.55. The summed E-state index contributed by atoms with van der Waals surface area (Å²) in [6.45, 7) is 11.0. The van der Waals surface area contributed by atoms with Gasteiger partial charge in [-0.1, -0.05) is 58.7 Å². The molecule has 0 bridgehead atoms.